The maximum absolute atomic E-state index is 5.90. The van der Waals surface area contributed by atoms with Gasteiger partial charge in [0.25, 0.3) is 0 Å². The number of aromatic nitrogens is 3. The molecule has 0 amide bonds. The Hall–Kier alpha value is -3.38. The lowest BCUT2D eigenvalue weighted by molar-refractivity contribution is 0.361. The van der Waals surface area contributed by atoms with Gasteiger partial charge in [-0.2, -0.15) is 4.57 Å². The molecule has 0 radical (unpaired) electrons. The number of hydrogen-bond donors (Lipinski definition) is 1. The molecule has 6 heteroatoms. The lowest BCUT2D eigenvalue weighted by Crippen LogP contribution is -1.91. The van der Waals surface area contributed by atoms with Crippen LogP contribution in [0, 0.1) is 13.8 Å². The third kappa shape index (κ3) is 2.97. The summed E-state index contributed by atoms with van der Waals surface area (Å²) in [4.78, 5) is 9.58. The standard InChI is InChI=1S/C22H18N4OS/c1-14-8-10-16(11-9-14)21-20(25-19-12-15(2)27-26(19)21)18-13-28-22(24-18)23-17-6-4-3-5-7-17/h3-13H,1-2H3,(H,23,24). The molecule has 0 spiro atoms. The van der Waals surface area contributed by atoms with E-state index in [1.807, 2.05) is 48.7 Å². The molecule has 0 bridgehead atoms. The van der Waals surface area contributed by atoms with Gasteiger partial charge in [-0.25, -0.2) is 9.97 Å². The molecule has 1 N–H and O–H groups in total. The zero-order valence-corrected chi connectivity index (χ0v) is 16.3. The predicted octanol–water partition coefficient (Wildman–Crippen LogP) is 6.08. The van der Waals surface area contributed by atoms with Crippen molar-refractivity contribution >= 4 is 27.8 Å². The molecule has 3 heterocycles. The van der Waals surface area contributed by atoms with E-state index in [0.29, 0.717) is 0 Å². The molecule has 5 nitrogen and oxygen atoms in total. The third-order valence-corrected chi connectivity index (χ3v) is 5.28. The van der Waals surface area contributed by atoms with Gasteiger partial charge in [0, 0.05) is 22.7 Å². The van der Waals surface area contributed by atoms with Crippen molar-refractivity contribution in [1.82, 2.24) is 14.5 Å². The summed E-state index contributed by atoms with van der Waals surface area (Å²) in [5.41, 5.74) is 6.62. The molecule has 3 aromatic heterocycles. The van der Waals surface area contributed by atoms with Crippen molar-refractivity contribution in [2.45, 2.75) is 13.8 Å². The van der Waals surface area contributed by atoms with E-state index in [9.17, 15) is 0 Å². The quantitative estimate of drug-likeness (QED) is 0.407. The number of fused-ring (bicyclic) bond motifs is 1. The highest BCUT2D eigenvalue weighted by atomic mass is 32.1. The number of aryl methyl sites for hydroxylation is 2. The predicted molar refractivity (Wildman–Crippen MR) is 113 cm³/mol. The Morgan fingerprint density at radius 3 is 2.54 bits per heavy atom. The smallest absolute Gasteiger partial charge is 0.187 e. The second kappa shape index (κ2) is 6.65. The highest BCUT2D eigenvalue weighted by Crippen LogP contribution is 2.35. The van der Waals surface area contributed by atoms with Gasteiger partial charge in [-0.3, -0.25) is 0 Å². The molecule has 5 aromatic rings. The van der Waals surface area contributed by atoms with E-state index in [4.69, 9.17) is 14.5 Å². The molecule has 0 saturated carbocycles. The van der Waals surface area contributed by atoms with Crippen LogP contribution in [0.2, 0.25) is 0 Å². The Morgan fingerprint density at radius 2 is 1.75 bits per heavy atom. The van der Waals surface area contributed by atoms with Gasteiger partial charge in [0.2, 0.25) is 0 Å². The number of anilines is 2. The van der Waals surface area contributed by atoms with Crippen LogP contribution < -0.4 is 5.32 Å². The van der Waals surface area contributed by atoms with E-state index in [2.05, 4.69) is 36.5 Å². The fourth-order valence-electron chi connectivity index (χ4n) is 3.19. The van der Waals surface area contributed by atoms with Gasteiger partial charge in [-0.05, 0) is 26.0 Å². The highest BCUT2D eigenvalue weighted by molar-refractivity contribution is 7.14. The van der Waals surface area contributed by atoms with Crippen LogP contribution in [0.25, 0.3) is 28.3 Å². The molecule has 0 atom stereocenters. The van der Waals surface area contributed by atoms with Crippen molar-refractivity contribution in [3.05, 3.63) is 77.4 Å². The van der Waals surface area contributed by atoms with Crippen LogP contribution in [0.1, 0.15) is 11.3 Å². The minimum absolute atomic E-state index is 0.786. The maximum atomic E-state index is 5.90. The molecule has 0 saturated heterocycles. The number of benzene rings is 2. The zero-order chi connectivity index (χ0) is 19.1. The fourth-order valence-corrected chi connectivity index (χ4v) is 3.90. The second-order valence-electron chi connectivity index (χ2n) is 6.70. The molecule has 0 aliphatic rings. The molecule has 0 unspecified atom stereocenters. The molecule has 28 heavy (non-hydrogen) atoms. The van der Waals surface area contributed by atoms with Gasteiger partial charge in [-0.1, -0.05) is 48.0 Å². The van der Waals surface area contributed by atoms with Gasteiger partial charge >= 0.3 is 0 Å². The van der Waals surface area contributed by atoms with E-state index in [-0.39, 0.29) is 0 Å². The Morgan fingerprint density at radius 1 is 0.964 bits per heavy atom. The first kappa shape index (κ1) is 16.8. The topological polar surface area (TPSA) is 55.4 Å². The average molecular weight is 386 g/mol. The number of rotatable bonds is 4. The van der Waals surface area contributed by atoms with Crippen LogP contribution >= 0.6 is 11.3 Å². The molecular weight excluding hydrogens is 368 g/mol. The summed E-state index contributed by atoms with van der Waals surface area (Å²) in [6.07, 6.45) is 0. The van der Waals surface area contributed by atoms with Gasteiger partial charge in [0.1, 0.15) is 22.8 Å². The minimum atomic E-state index is 0.786. The average Bonchev–Trinajstić information content (AvgIpc) is 3.37. The van der Waals surface area contributed by atoms with Crippen LogP contribution in [0.4, 0.5) is 10.8 Å². The summed E-state index contributed by atoms with van der Waals surface area (Å²) in [6, 6.07) is 20.3. The van der Waals surface area contributed by atoms with Crippen molar-refractivity contribution in [2.24, 2.45) is 0 Å². The first-order chi connectivity index (χ1) is 13.7. The molecule has 0 fully saturated rings. The minimum Gasteiger partial charge on any atom is -0.378 e. The van der Waals surface area contributed by atoms with E-state index >= 15 is 0 Å². The van der Waals surface area contributed by atoms with Crippen molar-refractivity contribution in [3.8, 4) is 22.6 Å². The van der Waals surface area contributed by atoms with Gasteiger partial charge in [0.05, 0.1) is 0 Å². The summed E-state index contributed by atoms with van der Waals surface area (Å²) in [7, 11) is 0. The van der Waals surface area contributed by atoms with E-state index < -0.39 is 0 Å². The molecule has 5 rings (SSSR count). The van der Waals surface area contributed by atoms with E-state index in [1.54, 1.807) is 15.9 Å². The summed E-state index contributed by atoms with van der Waals surface area (Å²) in [5, 5.41) is 6.20. The van der Waals surface area contributed by atoms with Gasteiger partial charge in [0.15, 0.2) is 10.8 Å². The SMILES string of the molecule is Cc1ccc(-c2c(-c3csc(Nc4ccccc4)n3)nc3cc(C)on23)cc1. The van der Waals surface area contributed by atoms with Crippen molar-refractivity contribution in [3.63, 3.8) is 0 Å². The van der Waals surface area contributed by atoms with Crippen LogP contribution in [0.15, 0.2) is 70.6 Å². The molecule has 2 aromatic carbocycles. The number of thiazole rings is 1. The Balaban J connectivity index is 1.60. The normalized spacial score (nSPS) is 11.2. The molecule has 0 aliphatic carbocycles. The second-order valence-corrected chi connectivity index (χ2v) is 7.56. The van der Waals surface area contributed by atoms with E-state index in [1.165, 1.54) is 5.56 Å². The van der Waals surface area contributed by atoms with Crippen LogP contribution in [-0.2, 0) is 0 Å². The first-order valence-electron chi connectivity index (χ1n) is 9.02. The third-order valence-electron chi connectivity index (χ3n) is 4.53. The monoisotopic (exact) mass is 386 g/mol. The molecule has 138 valence electrons. The van der Waals surface area contributed by atoms with Gasteiger partial charge < -0.3 is 9.84 Å². The van der Waals surface area contributed by atoms with Crippen molar-refractivity contribution < 1.29 is 4.52 Å². The number of nitrogens with one attached hydrogen (secondary N) is 1. The van der Waals surface area contributed by atoms with Crippen LogP contribution in [0.3, 0.4) is 0 Å². The summed E-state index contributed by atoms with van der Waals surface area (Å²) in [6.45, 7) is 4.01. The zero-order valence-electron chi connectivity index (χ0n) is 15.5. The van der Waals surface area contributed by atoms with E-state index in [0.717, 1.165) is 44.9 Å². The van der Waals surface area contributed by atoms with Crippen molar-refractivity contribution in [1.29, 1.82) is 0 Å². The van der Waals surface area contributed by atoms with Crippen molar-refractivity contribution in [2.75, 3.05) is 5.32 Å². The highest BCUT2D eigenvalue weighted by Gasteiger charge is 2.21. The van der Waals surface area contributed by atoms with Crippen LogP contribution in [-0.4, -0.2) is 14.5 Å². The van der Waals surface area contributed by atoms with Gasteiger partial charge in [-0.15, -0.1) is 11.3 Å². The summed E-state index contributed by atoms with van der Waals surface area (Å²) in [5.74, 6) is 0.826. The Bertz CT molecular complexity index is 1250. The lowest BCUT2D eigenvalue weighted by Gasteiger charge is -2.03. The summed E-state index contributed by atoms with van der Waals surface area (Å²) >= 11 is 1.56. The molecule has 0 aliphatic heterocycles. The first-order valence-corrected chi connectivity index (χ1v) is 9.90. The Kier molecular flexibility index (Phi) is 3.98. The summed E-state index contributed by atoms with van der Waals surface area (Å²) < 4.78 is 7.69. The Labute approximate surface area is 166 Å². The fraction of sp³-hybridized carbons (Fsp3) is 0.0909. The number of nitrogens with zero attached hydrogens (tertiary/aromatic N) is 3. The number of para-hydroxylation sites is 1. The largest absolute Gasteiger partial charge is 0.378 e. The van der Waals surface area contributed by atoms with Crippen LogP contribution in [0.5, 0.6) is 0 Å². The maximum Gasteiger partial charge on any atom is 0.187 e. The number of hydrogen-bond acceptors (Lipinski definition) is 5. The lowest BCUT2D eigenvalue weighted by atomic mass is 10.1. The number of imidazole rings is 1. The molecular formula is C22H18N4OS.